The first-order chi connectivity index (χ1) is 12.4. The lowest BCUT2D eigenvalue weighted by atomic mass is 10.2. The summed E-state index contributed by atoms with van der Waals surface area (Å²) in [6.07, 6.45) is -3.10. The largest absolute Gasteiger partial charge is 0.417 e. The van der Waals surface area contributed by atoms with Gasteiger partial charge in [-0.25, -0.2) is 9.97 Å². The van der Waals surface area contributed by atoms with Crippen molar-refractivity contribution in [2.45, 2.75) is 13.1 Å². The standard InChI is InChI=1S/C17H19ClF3N5/c1-2-25-5-7-26(8-6-25)16-10-15(22-11-23-16)24-12-3-4-14(18)13(9-12)17(19,20)21/h3-4,9-11H,2,5-8H2,1H3,(H,22,23,24). The van der Waals surface area contributed by atoms with Gasteiger partial charge in [-0.2, -0.15) is 13.2 Å². The Labute approximate surface area is 154 Å². The van der Waals surface area contributed by atoms with Gasteiger partial charge in [0.15, 0.2) is 0 Å². The maximum absolute atomic E-state index is 13.0. The van der Waals surface area contributed by atoms with Crippen LogP contribution in [-0.4, -0.2) is 47.6 Å². The smallest absolute Gasteiger partial charge is 0.354 e. The number of alkyl halides is 3. The molecule has 3 rings (SSSR count). The van der Waals surface area contributed by atoms with Gasteiger partial charge < -0.3 is 15.1 Å². The summed E-state index contributed by atoms with van der Waals surface area (Å²) in [5, 5.41) is 2.56. The first-order valence-corrected chi connectivity index (χ1v) is 8.67. The van der Waals surface area contributed by atoms with Crippen LogP contribution in [0.1, 0.15) is 12.5 Å². The first kappa shape index (κ1) is 18.7. The lowest BCUT2D eigenvalue weighted by Gasteiger charge is -2.34. The summed E-state index contributed by atoms with van der Waals surface area (Å²) in [4.78, 5) is 12.9. The molecule has 0 saturated carbocycles. The molecule has 1 aliphatic rings. The zero-order valence-electron chi connectivity index (χ0n) is 14.2. The number of piperazine rings is 1. The van der Waals surface area contributed by atoms with Crippen LogP contribution in [0.2, 0.25) is 5.02 Å². The third kappa shape index (κ3) is 4.37. The van der Waals surface area contributed by atoms with E-state index < -0.39 is 11.7 Å². The second-order valence-corrected chi connectivity index (χ2v) is 6.41. The van der Waals surface area contributed by atoms with Crippen LogP contribution in [0.25, 0.3) is 0 Å². The van der Waals surface area contributed by atoms with Gasteiger partial charge in [-0.15, -0.1) is 0 Å². The predicted octanol–water partition coefficient (Wildman–Crippen LogP) is 4.03. The molecule has 0 unspecified atom stereocenters. The molecule has 5 nitrogen and oxygen atoms in total. The zero-order valence-corrected chi connectivity index (χ0v) is 15.0. The van der Waals surface area contributed by atoms with Crippen LogP contribution in [0.5, 0.6) is 0 Å². The van der Waals surface area contributed by atoms with Gasteiger partial charge in [-0.1, -0.05) is 18.5 Å². The summed E-state index contributed by atoms with van der Waals surface area (Å²) in [5.41, 5.74) is -0.615. The van der Waals surface area contributed by atoms with Crippen molar-refractivity contribution in [3.05, 3.63) is 41.2 Å². The van der Waals surface area contributed by atoms with Crippen molar-refractivity contribution in [3.63, 3.8) is 0 Å². The van der Waals surface area contributed by atoms with Gasteiger partial charge in [0, 0.05) is 37.9 Å². The molecular weight excluding hydrogens is 367 g/mol. The van der Waals surface area contributed by atoms with Crippen molar-refractivity contribution in [3.8, 4) is 0 Å². The number of benzene rings is 1. The van der Waals surface area contributed by atoms with Crippen LogP contribution in [0.3, 0.4) is 0 Å². The molecule has 0 aliphatic carbocycles. The van der Waals surface area contributed by atoms with E-state index in [0.29, 0.717) is 5.82 Å². The Morgan fingerprint density at radius 3 is 2.50 bits per heavy atom. The number of hydrogen-bond acceptors (Lipinski definition) is 5. The molecule has 0 bridgehead atoms. The van der Waals surface area contributed by atoms with Crippen LogP contribution in [0, 0.1) is 0 Å². The summed E-state index contributed by atoms with van der Waals surface area (Å²) in [5.74, 6) is 1.19. The summed E-state index contributed by atoms with van der Waals surface area (Å²) in [7, 11) is 0. The topological polar surface area (TPSA) is 44.3 Å². The summed E-state index contributed by atoms with van der Waals surface area (Å²) in [6, 6.07) is 5.42. The number of nitrogens with one attached hydrogen (secondary N) is 1. The van der Waals surface area contributed by atoms with Crippen LogP contribution in [0.15, 0.2) is 30.6 Å². The Balaban J connectivity index is 1.75. The van der Waals surface area contributed by atoms with E-state index in [1.807, 2.05) is 0 Å². The fourth-order valence-corrected chi connectivity index (χ4v) is 3.07. The number of likely N-dealkylation sites (N-methyl/N-ethyl adjacent to an activating group) is 1. The van der Waals surface area contributed by atoms with Crippen LogP contribution in [0.4, 0.5) is 30.5 Å². The molecule has 140 valence electrons. The van der Waals surface area contributed by atoms with Gasteiger partial charge in [-0.05, 0) is 24.7 Å². The van der Waals surface area contributed by atoms with Gasteiger partial charge in [-0.3, -0.25) is 0 Å². The molecule has 1 N–H and O–H groups in total. The van der Waals surface area contributed by atoms with Gasteiger partial charge in [0.1, 0.15) is 18.0 Å². The minimum Gasteiger partial charge on any atom is -0.354 e. The molecular formula is C17H19ClF3N5. The van der Waals surface area contributed by atoms with Crippen molar-refractivity contribution in [1.82, 2.24) is 14.9 Å². The molecule has 0 radical (unpaired) electrons. The Kier molecular flexibility index (Phi) is 5.52. The van der Waals surface area contributed by atoms with E-state index in [0.717, 1.165) is 44.6 Å². The van der Waals surface area contributed by atoms with E-state index in [9.17, 15) is 13.2 Å². The van der Waals surface area contributed by atoms with E-state index >= 15 is 0 Å². The summed E-state index contributed by atoms with van der Waals surface area (Å²) < 4.78 is 39.0. The average Bonchev–Trinajstić information content (AvgIpc) is 2.63. The average molecular weight is 386 g/mol. The highest BCUT2D eigenvalue weighted by atomic mass is 35.5. The highest BCUT2D eigenvalue weighted by Crippen LogP contribution is 2.36. The number of rotatable bonds is 4. The maximum Gasteiger partial charge on any atom is 0.417 e. The highest BCUT2D eigenvalue weighted by Gasteiger charge is 2.33. The molecule has 1 aromatic heterocycles. The first-order valence-electron chi connectivity index (χ1n) is 8.30. The SMILES string of the molecule is CCN1CCN(c2cc(Nc3ccc(Cl)c(C(F)(F)F)c3)ncn2)CC1. The Hall–Kier alpha value is -2.06. The highest BCUT2D eigenvalue weighted by molar-refractivity contribution is 6.31. The number of aromatic nitrogens is 2. The lowest BCUT2D eigenvalue weighted by Crippen LogP contribution is -2.46. The van der Waals surface area contributed by atoms with Crippen LogP contribution in [-0.2, 0) is 6.18 Å². The molecule has 0 amide bonds. The third-order valence-electron chi connectivity index (χ3n) is 4.34. The van der Waals surface area contributed by atoms with E-state index in [-0.39, 0.29) is 10.7 Å². The normalized spacial score (nSPS) is 16.0. The molecule has 2 aromatic rings. The fourth-order valence-electron chi connectivity index (χ4n) is 2.85. The molecule has 1 aliphatic heterocycles. The van der Waals surface area contributed by atoms with Crippen molar-refractivity contribution in [2.75, 3.05) is 42.9 Å². The van der Waals surface area contributed by atoms with Gasteiger partial charge in [0.25, 0.3) is 0 Å². The summed E-state index contributed by atoms with van der Waals surface area (Å²) >= 11 is 5.65. The quantitative estimate of drug-likeness (QED) is 0.860. The number of anilines is 3. The van der Waals surface area contributed by atoms with Gasteiger partial charge in [0.2, 0.25) is 0 Å². The minimum absolute atomic E-state index is 0.266. The molecule has 0 spiro atoms. The number of halogens is 4. The van der Waals surface area contributed by atoms with Crippen molar-refractivity contribution in [1.29, 1.82) is 0 Å². The van der Waals surface area contributed by atoms with Crippen molar-refractivity contribution in [2.24, 2.45) is 0 Å². The molecule has 0 atom stereocenters. The molecule has 2 heterocycles. The maximum atomic E-state index is 13.0. The van der Waals surface area contributed by atoms with Crippen molar-refractivity contribution >= 4 is 28.9 Å². The molecule has 26 heavy (non-hydrogen) atoms. The Morgan fingerprint density at radius 1 is 1.12 bits per heavy atom. The van der Waals surface area contributed by atoms with E-state index in [2.05, 4.69) is 32.0 Å². The van der Waals surface area contributed by atoms with Crippen molar-refractivity contribution < 1.29 is 13.2 Å². The fraction of sp³-hybridized carbons (Fsp3) is 0.412. The van der Waals surface area contributed by atoms with E-state index in [1.165, 1.54) is 18.5 Å². The van der Waals surface area contributed by atoms with Gasteiger partial charge >= 0.3 is 6.18 Å². The van der Waals surface area contributed by atoms with E-state index in [1.54, 1.807) is 6.07 Å². The lowest BCUT2D eigenvalue weighted by molar-refractivity contribution is -0.137. The Morgan fingerprint density at radius 2 is 1.85 bits per heavy atom. The number of hydrogen-bond donors (Lipinski definition) is 1. The second-order valence-electron chi connectivity index (χ2n) is 6.00. The molecule has 9 heteroatoms. The molecule has 1 saturated heterocycles. The zero-order chi connectivity index (χ0) is 18.7. The van der Waals surface area contributed by atoms with E-state index in [4.69, 9.17) is 11.6 Å². The number of nitrogens with zero attached hydrogens (tertiary/aromatic N) is 4. The predicted molar refractivity (Wildman–Crippen MR) is 96.1 cm³/mol. The second kappa shape index (κ2) is 7.67. The van der Waals surface area contributed by atoms with Crippen LogP contribution >= 0.6 is 11.6 Å². The Bertz CT molecular complexity index is 760. The monoisotopic (exact) mass is 385 g/mol. The minimum atomic E-state index is -4.51. The molecule has 1 fully saturated rings. The molecule has 1 aromatic carbocycles. The van der Waals surface area contributed by atoms with Crippen LogP contribution < -0.4 is 10.2 Å². The third-order valence-corrected chi connectivity index (χ3v) is 4.67. The summed E-state index contributed by atoms with van der Waals surface area (Å²) in [6.45, 7) is 6.75. The van der Waals surface area contributed by atoms with Gasteiger partial charge in [0.05, 0.1) is 10.6 Å².